The third-order valence-corrected chi connectivity index (χ3v) is 2.30. The van der Waals surface area contributed by atoms with Crippen LogP contribution >= 0.6 is 0 Å². The van der Waals surface area contributed by atoms with E-state index in [9.17, 15) is 18.0 Å². The number of aldehydes is 1. The van der Waals surface area contributed by atoms with Gasteiger partial charge in [0.15, 0.2) is 0 Å². The number of hydrogen-bond acceptors (Lipinski definition) is 3. The standard InChI is InChI=1S/C11H13F3N2O/c12-11(13,14)10-4-2-1-3-8(10)6-16-9(5-15)7-17/h1-4,7,9,16H,5-6,15H2/t9-/m0/s1. The molecule has 1 aromatic carbocycles. The predicted molar refractivity (Wildman–Crippen MR) is 57.2 cm³/mol. The van der Waals surface area contributed by atoms with Crippen LogP contribution in [-0.4, -0.2) is 18.9 Å². The highest BCUT2D eigenvalue weighted by Gasteiger charge is 2.32. The summed E-state index contributed by atoms with van der Waals surface area (Å²) in [6, 6.07) is 4.59. The van der Waals surface area contributed by atoms with Gasteiger partial charge >= 0.3 is 6.18 Å². The van der Waals surface area contributed by atoms with Gasteiger partial charge in [-0.2, -0.15) is 13.2 Å². The Morgan fingerprint density at radius 2 is 2.00 bits per heavy atom. The summed E-state index contributed by atoms with van der Waals surface area (Å²) in [6.07, 6.45) is -3.81. The monoisotopic (exact) mass is 246 g/mol. The van der Waals surface area contributed by atoms with Gasteiger partial charge in [0.25, 0.3) is 0 Å². The fraction of sp³-hybridized carbons (Fsp3) is 0.364. The molecule has 0 saturated heterocycles. The zero-order chi connectivity index (χ0) is 12.9. The van der Waals surface area contributed by atoms with Gasteiger partial charge in [0, 0.05) is 13.1 Å². The molecule has 0 spiro atoms. The zero-order valence-corrected chi connectivity index (χ0v) is 9.00. The number of carbonyl (C=O) groups is 1. The van der Waals surface area contributed by atoms with Crippen molar-refractivity contribution < 1.29 is 18.0 Å². The third kappa shape index (κ3) is 3.83. The Morgan fingerprint density at radius 3 is 2.53 bits per heavy atom. The molecule has 1 rings (SSSR count). The molecule has 1 atom stereocenters. The first-order chi connectivity index (χ1) is 7.99. The van der Waals surface area contributed by atoms with E-state index in [1.807, 2.05) is 0 Å². The van der Waals surface area contributed by atoms with Crippen LogP contribution < -0.4 is 11.1 Å². The Bertz CT molecular complexity index is 379. The molecular weight excluding hydrogens is 233 g/mol. The van der Waals surface area contributed by atoms with Crippen molar-refractivity contribution in [1.29, 1.82) is 0 Å². The molecule has 1 aromatic rings. The number of benzene rings is 1. The van der Waals surface area contributed by atoms with Crippen molar-refractivity contribution in [3.05, 3.63) is 35.4 Å². The summed E-state index contributed by atoms with van der Waals surface area (Å²) < 4.78 is 37.8. The molecule has 0 aliphatic heterocycles. The number of nitrogens with two attached hydrogens (primary N) is 1. The number of carbonyl (C=O) groups excluding carboxylic acids is 1. The summed E-state index contributed by atoms with van der Waals surface area (Å²) >= 11 is 0. The van der Waals surface area contributed by atoms with Crippen LogP contribution in [0.4, 0.5) is 13.2 Å². The Balaban J connectivity index is 2.81. The molecular formula is C11H13F3N2O. The summed E-state index contributed by atoms with van der Waals surface area (Å²) in [5.41, 5.74) is 4.65. The van der Waals surface area contributed by atoms with Gasteiger partial charge in [0.05, 0.1) is 11.6 Å². The van der Waals surface area contributed by atoms with E-state index < -0.39 is 17.8 Å². The Morgan fingerprint density at radius 1 is 1.35 bits per heavy atom. The number of hydrogen-bond donors (Lipinski definition) is 2. The second-order valence-corrected chi connectivity index (χ2v) is 3.51. The Labute approximate surface area is 96.8 Å². The molecule has 3 nitrogen and oxygen atoms in total. The first kappa shape index (κ1) is 13.7. The molecule has 0 radical (unpaired) electrons. The summed E-state index contributed by atoms with van der Waals surface area (Å²) in [5.74, 6) is 0. The van der Waals surface area contributed by atoms with Crippen molar-refractivity contribution >= 4 is 6.29 Å². The third-order valence-electron chi connectivity index (χ3n) is 2.30. The van der Waals surface area contributed by atoms with Crippen LogP contribution in [0.3, 0.4) is 0 Å². The number of rotatable bonds is 5. The minimum atomic E-state index is -4.39. The van der Waals surface area contributed by atoms with E-state index >= 15 is 0 Å². The molecule has 6 heteroatoms. The lowest BCUT2D eigenvalue weighted by Gasteiger charge is -2.15. The summed E-state index contributed by atoms with van der Waals surface area (Å²) in [5, 5.41) is 2.65. The number of halogens is 3. The maximum absolute atomic E-state index is 12.6. The zero-order valence-electron chi connectivity index (χ0n) is 9.00. The lowest BCUT2D eigenvalue weighted by Crippen LogP contribution is -2.37. The van der Waals surface area contributed by atoms with E-state index in [4.69, 9.17) is 5.73 Å². The molecule has 0 aromatic heterocycles. The van der Waals surface area contributed by atoms with Crippen molar-refractivity contribution in [3.8, 4) is 0 Å². The molecule has 0 unspecified atom stereocenters. The average Bonchev–Trinajstić information content (AvgIpc) is 2.29. The van der Waals surface area contributed by atoms with E-state index in [0.29, 0.717) is 6.29 Å². The number of alkyl halides is 3. The highest BCUT2D eigenvalue weighted by Crippen LogP contribution is 2.31. The second-order valence-electron chi connectivity index (χ2n) is 3.51. The van der Waals surface area contributed by atoms with Gasteiger partial charge in [-0.3, -0.25) is 0 Å². The van der Waals surface area contributed by atoms with Gasteiger partial charge in [-0.1, -0.05) is 18.2 Å². The maximum atomic E-state index is 12.6. The first-order valence-electron chi connectivity index (χ1n) is 5.03. The molecule has 0 aliphatic rings. The predicted octanol–water partition coefficient (Wildman–Crippen LogP) is 1.32. The van der Waals surface area contributed by atoms with Crippen LogP contribution in [-0.2, 0) is 17.5 Å². The lowest BCUT2D eigenvalue weighted by atomic mass is 10.1. The highest BCUT2D eigenvalue weighted by atomic mass is 19.4. The van der Waals surface area contributed by atoms with E-state index in [1.165, 1.54) is 18.2 Å². The average molecular weight is 246 g/mol. The van der Waals surface area contributed by atoms with Crippen molar-refractivity contribution in [1.82, 2.24) is 5.32 Å². The fourth-order valence-electron chi connectivity index (χ4n) is 1.38. The smallest absolute Gasteiger partial charge is 0.328 e. The lowest BCUT2D eigenvalue weighted by molar-refractivity contribution is -0.138. The van der Waals surface area contributed by atoms with Crippen molar-refractivity contribution in [2.45, 2.75) is 18.8 Å². The second kappa shape index (κ2) is 5.79. The van der Waals surface area contributed by atoms with E-state index in [0.717, 1.165) is 6.07 Å². The van der Waals surface area contributed by atoms with Crippen molar-refractivity contribution in [3.63, 3.8) is 0 Å². The molecule has 0 amide bonds. The topological polar surface area (TPSA) is 55.1 Å². The van der Waals surface area contributed by atoms with Crippen molar-refractivity contribution in [2.75, 3.05) is 6.54 Å². The van der Waals surface area contributed by atoms with Gasteiger partial charge in [0.1, 0.15) is 6.29 Å². The Hall–Kier alpha value is -1.40. The van der Waals surface area contributed by atoms with Gasteiger partial charge in [-0.25, -0.2) is 0 Å². The minimum Gasteiger partial charge on any atom is -0.328 e. The minimum absolute atomic E-state index is 0.0453. The molecule has 0 fully saturated rings. The molecule has 0 saturated carbocycles. The van der Waals surface area contributed by atoms with Gasteiger partial charge in [-0.05, 0) is 11.6 Å². The normalized spacial score (nSPS) is 13.4. The fourth-order valence-corrected chi connectivity index (χ4v) is 1.38. The SMILES string of the molecule is NC[C@@H](C=O)NCc1ccccc1C(F)(F)F. The molecule has 94 valence electrons. The molecule has 0 bridgehead atoms. The van der Waals surface area contributed by atoms with Crippen molar-refractivity contribution in [2.24, 2.45) is 5.73 Å². The van der Waals surface area contributed by atoms with Gasteiger partial charge in [0.2, 0.25) is 0 Å². The first-order valence-corrected chi connectivity index (χ1v) is 5.03. The molecule has 17 heavy (non-hydrogen) atoms. The van der Waals surface area contributed by atoms with Crippen LogP contribution in [0, 0.1) is 0 Å². The van der Waals surface area contributed by atoms with Crippen LogP contribution in [0.1, 0.15) is 11.1 Å². The molecule has 3 N–H and O–H groups in total. The number of nitrogens with one attached hydrogen (secondary N) is 1. The Kier molecular flexibility index (Phi) is 4.65. The molecule has 0 heterocycles. The van der Waals surface area contributed by atoms with E-state index in [2.05, 4.69) is 5.32 Å². The molecule has 0 aliphatic carbocycles. The van der Waals surface area contributed by atoms with Crippen LogP contribution in [0.25, 0.3) is 0 Å². The largest absolute Gasteiger partial charge is 0.416 e. The van der Waals surface area contributed by atoms with Gasteiger partial charge in [-0.15, -0.1) is 0 Å². The quantitative estimate of drug-likeness (QED) is 0.770. The van der Waals surface area contributed by atoms with Crippen LogP contribution in [0.15, 0.2) is 24.3 Å². The van der Waals surface area contributed by atoms with E-state index in [1.54, 1.807) is 0 Å². The summed E-state index contributed by atoms with van der Waals surface area (Å²) in [4.78, 5) is 10.5. The van der Waals surface area contributed by atoms with Crippen LogP contribution in [0.2, 0.25) is 0 Å². The van der Waals surface area contributed by atoms with Crippen LogP contribution in [0.5, 0.6) is 0 Å². The summed E-state index contributed by atoms with van der Waals surface area (Å²) in [7, 11) is 0. The van der Waals surface area contributed by atoms with Gasteiger partial charge < -0.3 is 15.8 Å². The maximum Gasteiger partial charge on any atom is 0.416 e. The highest BCUT2D eigenvalue weighted by molar-refractivity contribution is 5.57. The summed E-state index contributed by atoms with van der Waals surface area (Å²) in [6.45, 7) is 0.00791. The van der Waals surface area contributed by atoms with E-state index in [-0.39, 0.29) is 18.7 Å².